The number of H-pyrrole nitrogens is 1. The van der Waals surface area contributed by atoms with Crippen molar-refractivity contribution in [3.05, 3.63) is 57.8 Å². The first-order valence-corrected chi connectivity index (χ1v) is 5.21. The molecule has 0 saturated heterocycles. The summed E-state index contributed by atoms with van der Waals surface area (Å²) in [4.78, 5) is 46.9. The Kier molecular flexibility index (Phi) is 3.30. The normalized spacial score (nSPS) is 13.9. The highest BCUT2D eigenvalue weighted by Gasteiger charge is 2.45. The van der Waals surface area contributed by atoms with Crippen LogP contribution in [0.1, 0.15) is 12.2 Å². The van der Waals surface area contributed by atoms with Crippen molar-refractivity contribution in [1.82, 2.24) is 9.97 Å². The van der Waals surface area contributed by atoms with Crippen LogP contribution in [0, 0.1) is 40.5 Å². The highest BCUT2D eigenvalue weighted by Crippen LogP contribution is 2.28. The van der Waals surface area contributed by atoms with Crippen LogP contribution in [0.25, 0.3) is 0 Å². The molecule has 0 radical (unpaired) electrons. The molecular formula is C7H3N7O8. The van der Waals surface area contributed by atoms with Gasteiger partial charge in [0.25, 0.3) is 5.71 Å². The number of imidazole rings is 1. The Balaban J connectivity index is 2.48. The van der Waals surface area contributed by atoms with Gasteiger partial charge in [0.15, 0.2) is 0 Å². The zero-order chi connectivity index (χ0) is 16.6. The number of hydrogen-bond donors (Lipinski definition) is 1. The molecule has 1 aliphatic heterocycles. The number of aliphatic imine (C=N–C) groups is 1. The third-order valence-corrected chi connectivity index (χ3v) is 2.52. The van der Waals surface area contributed by atoms with Crippen molar-refractivity contribution < 1.29 is 19.7 Å². The predicted octanol–water partition coefficient (Wildman–Crippen LogP) is 0.141. The second kappa shape index (κ2) is 4.96. The summed E-state index contributed by atoms with van der Waals surface area (Å²) in [5.74, 6) is -3.75. The van der Waals surface area contributed by atoms with Crippen LogP contribution in [0.4, 0.5) is 11.6 Å². The van der Waals surface area contributed by atoms with E-state index in [1.54, 1.807) is 0 Å². The molecule has 0 amide bonds. The molecule has 2 heterocycles. The molecule has 0 spiro atoms. The van der Waals surface area contributed by atoms with Crippen molar-refractivity contribution in [2.75, 3.05) is 0 Å². The predicted molar refractivity (Wildman–Crippen MR) is 64.1 cm³/mol. The maximum Gasteiger partial charge on any atom is 0.463 e. The van der Waals surface area contributed by atoms with Crippen LogP contribution >= 0.6 is 0 Å². The van der Waals surface area contributed by atoms with Gasteiger partial charge in [-0.2, -0.15) is 4.98 Å². The fourth-order valence-corrected chi connectivity index (χ4v) is 1.64. The van der Waals surface area contributed by atoms with Crippen molar-refractivity contribution >= 4 is 17.3 Å². The largest absolute Gasteiger partial charge is 0.463 e. The molecular weight excluding hydrogens is 310 g/mol. The Hall–Kier alpha value is -3.78. The third kappa shape index (κ3) is 2.32. The molecule has 114 valence electrons. The molecule has 0 bridgehead atoms. The zero-order valence-electron chi connectivity index (χ0n) is 10.2. The monoisotopic (exact) mass is 313 g/mol. The molecule has 1 aliphatic rings. The lowest BCUT2D eigenvalue weighted by Crippen LogP contribution is -2.06. The molecule has 0 fully saturated rings. The second-order valence-electron chi connectivity index (χ2n) is 3.79. The van der Waals surface area contributed by atoms with E-state index in [2.05, 4.69) is 9.98 Å². The van der Waals surface area contributed by atoms with Crippen LogP contribution < -0.4 is 0 Å². The second-order valence-corrected chi connectivity index (χ2v) is 3.79. The van der Waals surface area contributed by atoms with E-state index in [9.17, 15) is 40.5 Å². The van der Waals surface area contributed by atoms with Gasteiger partial charge in [-0.25, -0.2) is 0 Å². The molecule has 2 rings (SSSR count). The third-order valence-electron chi connectivity index (χ3n) is 2.52. The van der Waals surface area contributed by atoms with Gasteiger partial charge in [-0.05, 0) is 19.8 Å². The van der Waals surface area contributed by atoms with Gasteiger partial charge >= 0.3 is 29.0 Å². The van der Waals surface area contributed by atoms with Gasteiger partial charge in [0, 0.05) is 4.98 Å². The van der Waals surface area contributed by atoms with E-state index in [0.717, 1.165) is 0 Å². The number of rotatable bonds is 5. The average molecular weight is 313 g/mol. The number of allylic oxidation sites excluding steroid dienone is 1. The van der Waals surface area contributed by atoms with Gasteiger partial charge in [-0.1, -0.05) is 0 Å². The molecule has 22 heavy (non-hydrogen) atoms. The molecule has 15 nitrogen and oxygen atoms in total. The fraction of sp³-hybridized carbons (Fsp3) is 0.143. The average Bonchev–Trinajstić information content (AvgIpc) is 3.02. The van der Waals surface area contributed by atoms with E-state index in [0.29, 0.717) is 0 Å². The Morgan fingerprint density at radius 3 is 1.91 bits per heavy atom. The van der Waals surface area contributed by atoms with Crippen LogP contribution in [0.2, 0.25) is 0 Å². The molecule has 1 N–H and O–H groups in total. The first kappa shape index (κ1) is 14.6. The number of hydrogen-bond acceptors (Lipinski definition) is 10. The van der Waals surface area contributed by atoms with Crippen molar-refractivity contribution in [2.24, 2.45) is 4.99 Å². The summed E-state index contributed by atoms with van der Waals surface area (Å²) in [6.07, 6.45) is -0.648. The number of aromatic nitrogens is 2. The minimum absolute atomic E-state index is 0.380. The summed E-state index contributed by atoms with van der Waals surface area (Å²) in [5, 5.41) is 42.7. The maximum absolute atomic E-state index is 10.7. The van der Waals surface area contributed by atoms with Crippen molar-refractivity contribution in [3.8, 4) is 0 Å². The molecule has 0 saturated carbocycles. The van der Waals surface area contributed by atoms with E-state index >= 15 is 0 Å². The number of nitro groups is 4. The summed E-state index contributed by atoms with van der Waals surface area (Å²) in [6.45, 7) is 0. The van der Waals surface area contributed by atoms with Gasteiger partial charge in [-0.3, -0.25) is 10.1 Å². The minimum Gasteiger partial charge on any atom is -0.358 e. The Labute approximate surface area is 117 Å². The van der Waals surface area contributed by atoms with E-state index in [-0.39, 0.29) is 5.71 Å². The fourth-order valence-electron chi connectivity index (χ4n) is 1.64. The quantitative estimate of drug-likeness (QED) is 0.576. The zero-order valence-corrected chi connectivity index (χ0v) is 10.2. The molecule has 0 aliphatic carbocycles. The molecule has 1 aromatic heterocycles. The van der Waals surface area contributed by atoms with Gasteiger partial charge in [0.1, 0.15) is 6.42 Å². The lowest BCUT2D eigenvalue weighted by atomic mass is 10.2. The first-order chi connectivity index (χ1) is 10.2. The van der Waals surface area contributed by atoms with E-state index in [4.69, 9.17) is 0 Å². The highest BCUT2D eigenvalue weighted by molar-refractivity contribution is 6.01. The standard InChI is InChI=1S/C7H3N7O8/c15-11(16)3-1-2(8-5(3)12(17)18)4-9-6(13(19)20)7(10-4)14(21)22/h1H2,(H,9,10). The van der Waals surface area contributed by atoms with Crippen molar-refractivity contribution in [1.29, 1.82) is 0 Å². The lowest BCUT2D eigenvalue weighted by Gasteiger charge is -1.89. The van der Waals surface area contributed by atoms with E-state index in [1.807, 2.05) is 4.98 Å². The summed E-state index contributed by atoms with van der Waals surface area (Å²) >= 11 is 0. The van der Waals surface area contributed by atoms with Crippen LogP contribution in [-0.2, 0) is 0 Å². The van der Waals surface area contributed by atoms with Gasteiger partial charge in [0.2, 0.25) is 0 Å². The summed E-state index contributed by atoms with van der Waals surface area (Å²) in [5.41, 5.74) is -1.23. The molecule has 15 heteroatoms. The Morgan fingerprint density at radius 2 is 1.55 bits per heavy atom. The van der Waals surface area contributed by atoms with Crippen molar-refractivity contribution in [3.63, 3.8) is 0 Å². The number of nitrogens with one attached hydrogen (secondary N) is 1. The van der Waals surface area contributed by atoms with E-state index < -0.39 is 55.1 Å². The van der Waals surface area contributed by atoms with Crippen LogP contribution in [0.3, 0.4) is 0 Å². The topological polar surface area (TPSA) is 214 Å². The van der Waals surface area contributed by atoms with Gasteiger partial charge in [0.05, 0.1) is 4.92 Å². The van der Waals surface area contributed by atoms with E-state index in [1.165, 1.54) is 0 Å². The molecule has 1 aromatic rings. The SMILES string of the molecule is O=[N+]([O-])C1=C([N+](=O)[O-])N=C(c2nc([N+](=O)[O-])c([N+](=O)[O-])[nH]2)C1. The van der Waals surface area contributed by atoms with Gasteiger partial charge in [-0.15, -0.1) is 0 Å². The van der Waals surface area contributed by atoms with Crippen molar-refractivity contribution in [2.45, 2.75) is 6.42 Å². The van der Waals surface area contributed by atoms with Crippen LogP contribution in [0.15, 0.2) is 16.5 Å². The minimum atomic E-state index is -1.14. The number of aromatic amines is 1. The molecule has 0 unspecified atom stereocenters. The lowest BCUT2D eigenvalue weighted by molar-refractivity contribution is -0.471. The number of nitrogens with zero attached hydrogens (tertiary/aromatic N) is 6. The maximum atomic E-state index is 10.7. The smallest absolute Gasteiger partial charge is 0.358 e. The Morgan fingerprint density at radius 1 is 0.909 bits per heavy atom. The summed E-state index contributed by atoms with van der Waals surface area (Å²) in [6, 6.07) is 0. The first-order valence-electron chi connectivity index (χ1n) is 5.21. The van der Waals surface area contributed by atoms with Gasteiger partial charge < -0.3 is 30.3 Å². The summed E-state index contributed by atoms with van der Waals surface area (Å²) < 4.78 is 0. The molecule has 0 atom stereocenters. The summed E-state index contributed by atoms with van der Waals surface area (Å²) in [7, 11) is 0. The molecule has 0 aromatic carbocycles. The Bertz CT molecular complexity index is 757. The highest BCUT2D eigenvalue weighted by atomic mass is 16.6. The van der Waals surface area contributed by atoms with Crippen LogP contribution in [0.5, 0.6) is 0 Å². The van der Waals surface area contributed by atoms with Crippen LogP contribution in [-0.4, -0.2) is 35.4 Å².